The SMILES string of the molecule is Cc1cc(N(C)C2CCS(=O)(=O)C2)nc(Nc2ccccc2OC(C)C)n1. The van der Waals surface area contributed by atoms with Gasteiger partial charge in [-0.15, -0.1) is 0 Å². The fourth-order valence-corrected chi connectivity index (χ4v) is 4.88. The maximum Gasteiger partial charge on any atom is 0.229 e. The molecule has 0 aliphatic carbocycles. The summed E-state index contributed by atoms with van der Waals surface area (Å²) >= 11 is 0. The Morgan fingerprint density at radius 1 is 1.26 bits per heavy atom. The second-order valence-electron chi connectivity index (χ2n) is 7.15. The number of sulfone groups is 1. The smallest absolute Gasteiger partial charge is 0.229 e. The molecular weight excluding hydrogens is 364 g/mol. The Hall–Kier alpha value is -2.35. The van der Waals surface area contributed by atoms with Gasteiger partial charge in [0.05, 0.1) is 23.3 Å². The molecule has 1 fully saturated rings. The first-order chi connectivity index (χ1) is 12.7. The first-order valence-electron chi connectivity index (χ1n) is 9.05. The number of anilines is 3. The number of aryl methyl sites for hydroxylation is 1. The van der Waals surface area contributed by atoms with Crippen molar-refractivity contribution in [1.29, 1.82) is 0 Å². The highest BCUT2D eigenvalue weighted by atomic mass is 32.2. The van der Waals surface area contributed by atoms with Crippen molar-refractivity contribution in [2.24, 2.45) is 0 Å². The van der Waals surface area contributed by atoms with Crippen molar-refractivity contribution in [2.75, 3.05) is 28.8 Å². The largest absolute Gasteiger partial charge is 0.489 e. The minimum absolute atomic E-state index is 0.0531. The van der Waals surface area contributed by atoms with E-state index >= 15 is 0 Å². The van der Waals surface area contributed by atoms with E-state index in [-0.39, 0.29) is 23.7 Å². The number of hydrogen-bond donors (Lipinski definition) is 1. The monoisotopic (exact) mass is 390 g/mol. The standard InChI is InChI=1S/C19H26N4O3S/c1-13(2)26-17-8-6-5-7-16(17)21-19-20-14(3)11-18(22-19)23(4)15-9-10-27(24,25)12-15/h5-8,11,13,15H,9-10,12H2,1-4H3,(H,20,21,22). The summed E-state index contributed by atoms with van der Waals surface area (Å²) in [7, 11) is -1.07. The fraction of sp³-hybridized carbons (Fsp3) is 0.474. The van der Waals surface area contributed by atoms with Gasteiger partial charge in [-0.1, -0.05) is 12.1 Å². The highest BCUT2D eigenvalue weighted by molar-refractivity contribution is 7.91. The van der Waals surface area contributed by atoms with Gasteiger partial charge in [0.2, 0.25) is 5.95 Å². The van der Waals surface area contributed by atoms with E-state index in [1.165, 1.54) is 0 Å². The zero-order valence-electron chi connectivity index (χ0n) is 16.1. The van der Waals surface area contributed by atoms with Crippen LogP contribution in [0.15, 0.2) is 30.3 Å². The average molecular weight is 391 g/mol. The molecule has 1 atom stereocenters. The van der Waals surface area contributed by atoms with Crippen LogP contribution < -0.4 is 15.0 Å². The van der Waals surface area contributed by atoms with Crippen molar-refractivity contribution >= 4 is 27.3 Å². The zero-order valence-corrected chi connectivity index (χ0v) is 17.0. The van der Waals surface area contributed by atoms with Crippen LogP contribution in [0.25, 0.3) is 0 Å². The average Bonchev–Trinajstić information content (AvgIpc) is 2.95. The van der Waals surface area contributed by atoms with Crippen molar-refractivity contribution < 1.29 is 13.2 Å². The summed E-state index contributed by atoms with van der Waals surface area (Å²) in [5, 5.41) is 3.23. The van der Waals surface area contributed by atoms with Crippen LogP contribution in [0.1, 0.15) is 26.0 Å². The summed E-state index contributed by atoms with van der Waals surface area (Å²) in [6, 6.07) is 9.45. The number of ether oxygens (including phenoxy) is 1. The van der Waals surface area contributed by atoms with E-state index in [1.807, 2.05) is 63.1 Å². The number of rotatable bonds is 6. The van der Waals surface area contributed by atoms with Gasteiger partial charge in [0.1, 0.15) is 11.6 Å². The van der Waals surface area contributed by atoms with E-state index < -0.39 is 9.84 Å². The molecule has 1 N–H and O–H groups in total. The molecule has 0 spiro atoms. The van der Waals surface area contributed by atoms with Gasteiger partial charge in [-0.05, 0) is 39.3 Å². The van der Waals surface area contributed by atoms with E-state index in [0.717, 1.165) is 17.1 Å². The maximum atomic E-state index is 11.8. The topological polar surface area (TPSA) is 84.4 Å². The second-order valence-corrected chi connectivity index (χ2v) is 9.38. The van der Waals surface area contributed by atoms with Gasteiger partial charge in [-0.25, -0.2) is 13.4 Å². The van der Waals surface area contributed by atoms with Crippen molar-refractivity contribution in [1.82, 2.24) is 9.97 Å². The lowest BCUT2D eigenvalue weighted by Gasteiger charge is -2.25. The number of nitrogens with one attached hydrogen (secondary N) is 1. The summed E-state index contributed by atoms with van der Waals surface area (Å²) in [6.45, 7) is 5.84. The highest BCUT2D eigenvalue weighted by Gasteiger charge is 2.31. The zero-order chi connectivity index (χ0) is 19.6. The van der Waals surface area contributed by atoms with Gasteiger partial charge in [0, 0.05) is 24.8 Å². The van der Waals surface area contributed by atoms with Crippen LogP contribution in [-0.2, 0) is 9.84 Å². The van der Waals surface area contributed by atoms with Crippen LogP contribution in [0, 0.1) is 6.92 Å². The second kappa shape index (κ2) is 7.72. The van der Waals surface area contributed by atoms with Crippen molar-refractivity contribution in [2.45, 2.75) is 39.3 Å². The molecule has 8 heteroatoms. The molecular formula is C19H26N4O3S. The Bertz CT molecular complexity index is 915. The van der Waals surface area contributed by atoms with Crippen molar-refractivity contribution in [3.8, 4) is 5.75 Å². The molecule has 2 aromatic rings. The highest BCUT2D eigenvalue weighted by Crippen LogP contribution is 2.28. The molecule has 1 aromatic carbocycles. The van der Waals surface area contributed by atoms with Crippen LogP contribution in [0.2, 0.25) is 0 Å². The molecule has 2 heterocycles. The predicted molar refractivity (Wildman–Crippen MR) is 108 cm³/mol. The number of aromatic nitrogens is 2. The molecule has 1 aliphatic rings. The van der Waals surface area contributed by atoms with Crippen molar-refractivity contribution in [3.05, 3.63) is 36.0 Å². The van der Waals surface area contributed by atoms with Gasteiger partial charge in [-0.2, -0.15) is 4.98 Å². The Balaban J connectivity index is 1.84. The Morgan fingerprint density at radius 2 is 2.00 bits per heavy atom. The summed E-state index contributed by atoms with van der Waals surface area (Å²) < 4.78 is 29.4. The molecule has 7 nitrogen and oxygen atoms in total. The van der Waals surface area contributed by atoms with E-state index in [2.05, 4.69) is 15.3 Å². The molecule has 1 unspecified atom stereocenters. The van der Waals surface area contributed by atoms with E-state index in [0.29, 0.717) is 18.2 Å². The number of hydrogen-bond acceptors (Lipinski definition) is 7. The quantitative estimate of drug-likeness (QED) is 0.812. The minimum Gasteiger partial charge on any atom is -0.489 e. The van der Waals surface area contributed by atoms with E-state index in [4.69, 9.17) is 4.74 Å². The summed E-state index contributed by atoms with van der Waals surface area (Å²) in [5.41, 5.74) is 1.59. The lowest BCUT2D eigenvalue weighted by Crippen LogP contribution is -2.33. The van der Waals surface area contributed by atoms with Gasteiger partial charge in [0.15, 0.2) is 9.84 Å². The fourth-order valence-electron chi connectivity index (χ4n) is 3.10. The molecule has 0 amide bonds. The van der Waals surface area contributed by atoms with Crippen LogP contribution in [0.5, 0.6) is 5.75 Å². The van der Waals surface area contributed by atoms with Gasteiger partial charge < -0.3 is 15.0 Å². The number of benzene rings is 1. The third-order valence-electron chi connectivity index (χ3n) is 4.45. The third-order valence-corrected chi connectivity index (χ3v) is 6.20. The molecule has 0 bridgehead atoms. The Kier molecular flexibility index (Phi) is 5.55. The summed E-state index contributed by atoms with van der Waals surface area (Å²) in [4.78, 5) is 11.0. The molecule has 0 radical (unpaired) electrons. The van der Waals surface area contributed by atoms with Gasteiger partial charge in [0.25, 0.3) is 0 Å². The lowest BCUT2D eigenvalue weighted by molar-refractivity contribution is 0.244. The molecule has 1 aromatic heterocycles. The van der Waals surface area contributed by atoms with E-state index in [1.54, 1.807) is 0 Å². The van der Waals surface area contributed by atoms with Crippen LogP contribution in [0.3, 0.4) is 0 Å². The molecule has 27 heavy (non-hydrogen) atoms. The molecule has 1 saturated heterocycles. The third kappa shape index (κ3) is 4.88. The van der Waals surface area contributed by atoms with E-state index in [9.17, 15) is 8.42 Å². The number of nitrogens with zero attached hydrogens (tertiary/aromatic N) is 3. The minimum atomic E-state index is -2.95. The molecule has 0 saturated carbocycles. The first-order valence-corrected chi connectivity index (χ1v) is 10.9. The van der Waals surface area contributed by atoms with Crippen molar-refractivity contribution in [3.63, 3.8) is 0 Å². The van der Waals surface area contributed by atoms with Crippen LogP contribution in [-0.4, -0.2) is 49.1 Å². The van der Waals surface area contributed by atoms with Crippen LogP contribution >= 0.6 is 0 Å². The lowest BCUT2D eigenvalue weighted by atomic mass is 10.2. The predicted octanol–water partition coefficient (Wildman–Crippen LogP) is 2.94. The Morgan fingerprint density at radius 3 is 2.67 bits per heavy atom. The molecule has 146 valence electrons. The Labute approximate surface area is 160 Å². The normalized spacial score (nSPS) is 18.5. The maximum absolute atomic E-state index is 11.8. The molecule has 1 aliphatic heterocycles. The molecule has 3 rings (SSSR count). The number of para-hydroxylation sites is 2. The van der Waals surface area contributed by atoms with Gasteiger partial charge in [-0.3, -0.25) is 0 Å². The first kappa shape index (κ1) is 19.4. The summed E-state index contributed by atoms with van der Waals surface area (Å²) in [6.07, 6.45) is 0.674. The van der Waals surface area contributed by atoms with Crippen LogP contribution in [0.4, 0.5) is 17.5 Å². The summed E-state index contributed by atoms with van der Waals surface area (Å²) in [5.74, 6) is 2.29. The van der Waals surface area contributed by atoms with Gasteiger partial charge >= 0.3 is 0 Å².